The highest BCUT2D eigenvalue weighted by atomic mass is 32.2. The molecule has 0 radical (unpaired) electrons. The summed E-state index contributed by atoms with van der Waals surface area (Å²) in [5.74, 6) is 0.0194. The highest BCUT2D eigenvalue weighted by Gasteiger charge is 2.30. The van der Waals surface area contributed by atoms with E-state index in [9.17, 15) is 13.2 Å². The normalized spacial score (nSPS) is 17.0. The van der Waals surface area contributed by atoms with E-state index in [2.05, 4.69) is 9.71 Å². The van der Waals surface area contributed by atoms with Crippen molar-refractivity contribution >= 4 is 38.5 Å². The fourth-order valence-electron chi connectivity index (χ4n) is 2.30. The number of hydrogen-bond acceptors (Lipinski definition) is 5. The number of carbonyl (C=O) groups excluding carboxylic acids is 1. The van der Waals surface area contributed by atoms with E-state index in [1.54, 1.807) is 24.3 Å². The van der Waals surface area contributed by atoms with Crippen molar-refractivity contribution in [3.05, 3.63) is 24.3 Å². The number of nitrogens with one attached hydrogen (secondary N) is 1. The van der Waals surface area contributed by atoms with Gasteiger partial charge in [-0.3, -0.25) is 4.79 Å². The number of sulfonamides is 1. The molecule has 1 aromatic carbocycles. The molecule has 1 aromatic rings. The molecule has 1 aliphatic heterocycles. The van der Waals surface area contributed by atoms with E-state index >= 15 is 0 Å². The van der Waals surface area contributed by atoms with Crippen LogP contribution in [0.5, 0.6) is 0 Å². The third-order valence-electron chi connectivity index (χ3n) is 3.66. The lowest BCUT2D eigenvalue weighted by Gasteiger charge is -2.29. The standard InChI is InChI=1S/C16H23N3O3S2/c1-4-10-19-13-8-6-7-9-14(13)24(21,22)18-16(19)23-11-15(20)17-12(3)5-2/h6-9,12H,4-5,10-11H2,1-3H3,(H,17,20). The van der Waals surface area contributed by atoms with Gasteiger partial charge in [0.2, 0.25) is 5.91 Å². The van der Waals surface area contributed by atoms with E-state index in [-0.39, 0.29) is 22.6 Å². The number of fused-ring (bicyclic) bond motifs is 1. The molecular weight excluding hydrogens is 346 g/mol. The van der Waals surface area contributed by atoms with E-state index in [1.165, 1.54) is 0 Å². The number of benzene rings is 1. The van der Waals surface area contributed by atoms with Crippen LogP contribution in [0.15, 0.2) is 33.6 Å². The van der Waals surface area contributed by atoms with Gasteiger partial charge in [-0.05, 0) is 31.9 Å². The van der Waals surface area contributed by atoms with Crippen LogP contribution in [0.4, 0.5) is 5.69 Å². The van der Waals surface area contributed by atoms with Crippen molar-refractivity contribution < 1.29 is 13.2 Å². The van der Waals surface area contributed by atoms with E-state index in [4.69, 9.17) is 0 Å². The van der Waals surface area contributed by atoms with Crippen molar-refractivity contribution in [3.63, 3.8) is 0 Å². The summed E-state index contributed by atoms with van der Waals surface area (Å²) < 4.78 is 28.7. The first-order chi connectivity index (χ1) is 11.4. The van der Waals surface area contributed by atoms with Crippen molar-refractivity contribution in [1.29, 1.82) is 0 Å². The third-order valence-corrected chi connectivity index (χ3v) is 6.07. The third kappa shape index (κ3) is 4.30. The summed E-state index contributed by atoms with van der Waals surface area (Å²) in [6.07, 6.45) is 1.69. The summed E-state index contributed by atoms with van der Waals surface area (Å²) in [6.45, 7) is 6.59. The van der Waals surface area contributed by atoms with Crippen LogP contribution in [0, 0.1) is 0 Å². The van der Waals surface area contributed by atoms with Gasteiger partial charge in [0.1, 0.15) is 4.90 Å². The Morgan fingerprint density at radius 3 is 2.71 bits per heavy atom. The molecule has 1 N–H and O–H groups in total. The number of anilines is 1. The van der Waals surface area contributed by atoms with Gasteiger partial charge in [-0.15, -0.1) is 4.40 Å². The molecular formula is C16H23N3O3S2. The SMILES string of the molecule is CCCN1C(SCC(=O)NC(C)CC)=NS(=O)(=O)c2ccccc21. The molecule has 1 atom stereocenters. The van der Waals surface area contributed by atoms with Crippen molar-refractivity contribution in [1.82, 2.24) is 5.32 Å². The summed E-state index contributed by atoms with van der Waals surface area (Å²) in [5.41, 5.74) is 0.624. The van der Waals surface area contributed by atoms with Gasteiger partial charge in [0.25, 0.3) is 10.0 Å². The number of rotatable bonds is 6. The van der Waals surface area contributed by atoms with Crippen LogP contribution in [0.2, 0.25) is 0 Å². The van der Waals surface area contributed by atoms with Crippen LogP contribution in [-0.4, -0.2) is 37.8 Å². The summed E-state index contributed by atoms with van der Waals surface area (Å²) in [7, 11) is -3.72. The number of amidine groups is 1. The molecule has 0 saturated carbocycles. The molecule has 0 saturated heterocycles. The fraction of sp³-hybridized carbons (Fsp3) is 0.500. The van der Waals surface area contributed by atoms with Crippen LogP contribution in [0.3, 0.4) is 0 Å². The Bertz CT molecular complexity index is 732. The summed E-state index contributed by atoms with van der Waals surface area (Å²) in [5, 5.41) is 3.23. The molecule has 0 bridgehead atoms. The maximum absolute atomic E-state index is 12.4. The molecule has 1 amide bonds. The minimum atomic E-state index is -3.72. The maximum Gasteiger partial charge on any atom is 0.286 e. The van der Waals surface area contributed by atoms with Gasteiger partial charge in [-0.25, -0.2) is 0 Å². The Morgan fingerprint density at radius 2 is 2.04 bits per heavy atom. The summed E-state index contributed by atoms with van der Waals surface area (Å²) >= 11 is 1.16. The van der Waals surface area contributed by atoms with Gasteiger partial charge in [-0.2, -0.15) is 8.42 Å². The molecule has 1 heterocycles. The largest absolute Gasteiger partial charge is 0.353 e. The number of hydrogen-bond donors (Lipinski definition) is 1. The van der Waals surface area contributed by atoms with Crippen LogP contribution in [-0.2, 0) is 14.8 Å². The van der Waals surface area contributed by atoms with Gasteiger partial charge in [0.05, 0.1) is 11.4 Å². The topological polar surface area (TPSA) is 78.8 Å². The lowest BCUT2D eigenvalue weighted by Crippen LogP contribution is -2.37. The molecule has 24 heavy (non-hydrogen) atoms. The van der Waals surface area contributed by atoms with Gasteiger partial charge in [-0.1, -0.05) is 37.7 Å². The van der Waals surface area contributed by atoms with Crippen molar-refractivity contribution in [2.45, 2.75) is 44.6 Å². The van der Waals surface area contributed by atoms with Crippen molar-refractivity contribution in [2.24, 2.45) is 4.40 Å². The zero-order valence-corrected chi connectivity index (χ0v) is 15.8. The zero-order valence-electron chi connectivity index (χ0n) is 14.2. The number of para-hydroxylation sites is 1. The average Bonchev–Trinajstić information content (AvgIpc) is 2.55. The monoisotopic (exact) mass is 369 g/mol. The van der Waals surface area contributed by atoms with E-state index in [0.29, 0.717) is 17.4 Å². The quantitative estimate of drug-likeness (QED) is 0.834. The van der Waals surface area contributed by atoms with Gasteiger partial charge in [0, 0.05) is 12.6 Å². The van der Waals surface area contributed by atoms with E-state index in [0.717, 1.165) is 24.6 Å². The number of nitrogens with zero attached hydrogens (tertiary/aromatic N) is 2. The van der Waals surface area contributed by atoms with Crippen LogP contribution < -0.4 is 10.2 Å². The minimum Gasteiger partial charge on any atom is -0.353 e. The second-order valence-corrected chi connectivity index (χ2v) is 8.15. The predicted octanol–water partition coefficient (Wildman–Crippen LogP) is 2.61. The molecule has 0 aromatic heterocycles. The fourth-order valence-corrected chi connectivity index (χ4v) is 4.58. The highest BCUT2D eigenvalue weighted by molar-refractivity contribution is 8.15. The van der Waals surface area contributed by atoms with Crippen LogP contribution in [0.1, 0.15) is 33.6 Å². The Labute approximate surface area is 147 Å². The van der Waals surface area contributed by atoms with Gasteiger partial charge in [0.15, 0.2) is 5.17 Å². The molecule has 0 spiro atoms. The van der Waals surface area contributed by atoms with Crippen LogP contribution in [0.25, 0.3) is 0 Å². The lowest BCUT2D eigenvalue weighted by atomic mass is 10.3. The van der Waals surface area contributed by atoms with E-state index in [1.807, 2.05) is 25.7 Å². The average molecular weight is 370 g/mol. The molecule has 2 rings (SSSR count). The van der Waals surface area contributed by atoms with Crippen LogP contribution >= 0.6 is 11.8 Å². The lowest BCUT2D eigenvalue weighted by molar-refractivity contribution is -0.119. The predicted molar refractivity (Wildman–Crippen MR) is 99.1 cm³/mol. The number of carbonyl (C=O) groups is 1. The Kier molecular flexibility index (Phi) is 6.28. The molecule has 132 valence electrons. The highest BCUT2D eigenvalue weighted by Crippen LogP contribution is 2.34. The molecule has 0 fully saturated rings. The first-order valence-corrected chi connectivity index (χ1v) is 10.4. The Morgan fingerprint density at radius 1 is 1.33 bits per heavy atom. The first kappa shape index (κ1) is 18.8. The summed E-state index contributed by atoms with van der Waals surface area (Å²) in [6, 6.07) is 6.93. The van der Waals surface area contributed by atoms with E-state index < -0.39 is 10.0 Å². The number of thioether (sulfide) groups is 1. The Balaban J connectivity index is 2.22. The second kappa shape index (κ2) is 8.02. The maximum atomic E-state index is 12.4. The molecule has 6 nitrogen and oxygen atoms in total. The summed E-state index contributed by atoms with van der Waals surface area (Å²) in [4.78, 5) is 14.1. The minimum absolute atomic E-state index is 0.0996. The molecule has 0 aliphatic carbocycles. The molecule has 8 heteroatoms. The first-order valence-electron chi connectivity index (χ1n) is 8.02. The second-order valence-electron chi connectivity index (χ2n) is 5.63. The molecule has 1 aliphatic rings. The molecule has 1 unspecified atom stereocenters. The zero-order chi connectivity index (χ0) is 17.7. The van der Waals surface area contributed by atoms with Gasteiger partial charge < -0.3 is 10.2 Å². The number of amides is 1. The van der Waals surface area contributed by atoms with Gasteiger partial charge >= 0.3 is 0 Å². The van der Waals surface area contributed by atoms with Crippen molar-refractivity contribution in [2.75, 3.05) is 17.2 Å². The smallest absolute Gasteiger partial charge is 0.286 e. The van der Waals surface area contributed by atoms with Crippen molar-refractivity contribution in [3.8, 4) is 0 Å². The Hall–Kier alpha value is -1.54.